The van der Waals surface area contributed by atoms with Crippen LogP contribution in [0.5, 0.6) is 0 Å². The Bertz CT molecular complexity index is 1020. The molecule has 1 aromatic heterocycles. The maximum absolute atomic E-state index is 9.56. The van der Waals surface area contributed by atoms with Gasteiger partial charge in [0.05, 0.1) is 11.3 Å². The topological polar surface area (TPSA) is 91.4 Å². The summed E-state index contributed by atoms with van der Waals surface area (Å²) in [5.74, 6) is 0.209. The van der Waals surface area contributed by atoms with Crippen molar-refractivity contribution in [3.8, 4) is 17.8 Å². The molecule has 0 bridgehead atoms. The second-order valence-corrected chi connectivity index (χ2v) is 6.11. The average molecular weight is 390 g/mol. The number of halogens is 1. The fraction of sp³-hybridized carbons (Fsp3) is 0. The van der Waals surface area contributed by atoms with Crippen LogP contribution in [0.15, 0.2) is 59.1 Å². The summed E-state index contributed by atoms with van der Waals surface area (Å²) in [4.78, 5) is 0. The quantitative estimate of drug-likeness (QED) is 0.680. The van der Waals surface area contributed by atoms with Crippen LogP contribution in [0.4, 0.5) is 5.82 Å². The van der Waals surface area contributed by atoms with Gasteiger partial charge in [0.1, 0.15) is 29.2 Å². The maximum atomic E-state index is 9.56. The van der Waals surface area contributed by atoms with Crippen LogP contribution in [0.25, 0.3) is 17.3 Å². The molecule has 0 saturated heterocycles. The first-order valence-corrected chi connectivity index (χ1v) is 8.15. The maximum Gasteiger partial charge on any atom is 0.145 e. The number of rotatable bonds is 3. The highest BCUT2D eigenvalue weighted by Crippen LogP contribution is 2.27. The van der Waals surface area contributed by atoms with E-state index in [1.54, 1.807) is 6.08 Å². The van der Waals surface area contributed by atoms with Gasteiger partial charge in [-0.15, -0.1) is 0 Å². The average Bonchev–Trinajstić information content (AvgIpc) is 2.98. The van der Waals surface area contributed by atoms with Crippen molar-refractivity contribution >= 4 is 33.4 Å². The standard InChI is InChI=1S/C19H12BrN5/c20-15-8-6-13(7-9-15)10-14(11-21)18-17(12-22)19(23)25(24-18)16-4-2-1-3-5-16/h1-10H,23H2. The minimum Gasteiger partial charge on any atom is -0.382 e. The molecule has 25 heavy (non-hydrogen) atoms. The van der Waals surface area contributed by atoms with Gasteiger partial charge in [-0.25, -0.2) is 4.68 Å². The van der Waals surface area contributed by atoms with Gasteiger partial charge in [0.2, 0.25) is 0 Å². The molecule has 0 aliphatic heterocycles. The van der Waals surface area contributed by atoms with Gasteiger partial charge in [-0.3, -0.25) is 0 Å². The zero-order valence-electron chi connectivity index (χ0n) is 13.0. The number of benzene rings is 2. The van der Waals surface area contributed by atoms with E-state index < -0.39 is 0 Å². The third-order valence-corrected chi connectivity index (χ3v) is 4.12. The van der Waals surface area contributed by atoms with Gasteiger partial charge in [0.15, 0.2) is 0 Å². The summed E-state index contributed by atoms with van der Waals surface area (Å²) < 4.78 is 2.42. The fourth-order valence-corrected chi connectivity index (χ4v) is 2.64. The number of hydrogen-bond acceptors (Lipinski definition) is 4. The minimum atomic E-state index is 0.189. The van der Waals surface area contributed by atoms with Crippen LogP contribution < -0.4 is 5.73 Å². The largest absolute Gasteiger partial charge is 0.382 e. The predicted octanol–water partition coefficient (Wildman–Crippen LogP) is 4.15. The lowest BCUT2D eigenvalue weighted by Crippen LogP contribution is -2.02. The van der Waals surface area contributed by atoms with E-state index in [2.05, 4.69) is 33.2 Å². The summed E-state index contributed by atoms with van der Waals surface area (Å²) in [6.45, 7) is 0. The Balaban J connectivity index is 2.14. The van der Waals surface area contributed by atoms with Gasteiger partial charge in [-0.05, 0) is 35.9 Å². The summed E-state index contributed by atoms with van der Waals surface area (Å²) in [6.07, 6.45) is 1.68. The van der Waals surface area contributed by atoms with Crippen molar-refractivity contribution in [3.63, 3.8) is 0 Å². The van der Waals surface area contributed by atoms with Crippen LogP contribution in [0.3, 0.4) is 0 Å². The Morgan fingerprint density at radius 1 is 1.08 bits per heavy atom. The Labute approximate surface area is 153 Å². The lowest BCUT2D eigenvalue weighted by Gasteiger charge is -2.02. The van der Waals surface area contributed by atoms with Crippen molar-refractivity contribution in [2.24, 2.45) is 0 Å². The first-order valence-electron chi connectivity index (χ1n) is 7.36. The Hall–Kier alpha value is -3.35. The highest BCUT2D eigenvalue weighted by Gasteiger charge is 2.19. The van der Waals surface area contributed by atoms with Crippen LogP contribution in [0, 0.1) is 22.7 Å². The Morgan fingerprint density at radius 3 is 2.36 bits per heavy atom. The van der Waals surface area contributed by atoms with Crippen LogP contribution in [-0.2, 0) is 0 Å². The van der Waals surface area contributed by atoms with Gasteiger partial charge in [0, 0.05) is 4.47 Å². The predicted molar refractivity (Wildman–Crippen MR) is 100 cm³/mol. The minimum absolute atomic E-state index is 0.189. The lowest BCUT2D eigenvalue weighted by molar-refractivity contribution is 0.885. The van der Waals surface area contributed by atoms with Gasteiger partial charge in [0.25, 0.3) is 0 Å². The molecule has 0 aliphatic carbocycles. The number of nitrogens with zero attached hydrogens (tertiary/aromatic N) is 4. The molecule has 120 valence electrons. The molecule has 0 fully saturated rings. The monoisotopic (exact) mass is 389 g/mol. The Kier molecular flexibility index (Phi) is 4.65. The van der Waals surface area contributed by atoms with E-state index in [-0.39, 0.29) is 22.6 Å². The number of para-hydroxylation sites is 1. The van der Waals surface area contributed by atoms with Crippen molar-refractivity contribution < 1.29 is 0 Å². The number of nitriles is 2. The molecule has 0 aliphatic rings. The molecule has 0 spiro atoms. The zero-order valence-corrected chi connectivity index (χ0v) is 14.6. The van der Waals surface area contributed by atoms with Gasteiger partial charge < -0.3 is 5.73 Å². The number of allylic oxidation sites excluding steroid dienone is 1. The van der Waals surface area contributed by atoms with Crippen LogP contribution in [0.1, 0.15) is 16.8 Å². The molecule has 2 aromatic carbocycles. The summed E-state index contributed by atoms with van der Waals surface area (Å²) in [5.41, 5.74) is 8.38. The number of anilines is 1. The number of hydrogen-bond donors (Lipinski definition) is 1. The van der Waals surface area contributed by atoms with Crippen molar-refractivity contribution in [2.75, 3.05) is 5.73 Å². The lowest BCUT2D eigenvalue weighted by atomic mass is 10.1. The number of aromatic nitrogens is 2. The SMILES string of the molecule is N#CC(=Cc1ccc(Br)cc1)c1nn(-c2ccccc2)c(N)c1C#N. The smallest absolute Gasteiger partial charge is 0.145 e. The first kappa shape index (κ1) is 16.5. The molecule has 1 heterocycles. The molecule has 0 saturated carbocycles. The second kappa shape index (κ2) is 7.04. The summed E-state index contributed by atoms with van der Waals surface area (Å²) in [7, 11) is 0. The van der Waals surface area contributed by atoms with Crippen LogP contribution in [-0.4, -0.2) is 9.78 Å². The Morgan fingerprint density at radius 2 is 1.76 bits per heavy atom. The molecule has 2 N–H and O–H groups in total. The number of nitrogen functional groups attached to an aromatic ring is 1. The second-order valence-electron chi connectivity index (χ2n) is 5.19. The van der Waals surface area contributed by atoms with Gasteiger partial charge >= 0.3 is 0 Å². The third-order valence-electron chi connectivity index (χ3n) is 3.59. The normalized spacial score (nSPS) is 10.9. The van der Waals surface area contributed by atoms with E-state index in [1.807, 2.05) is 54.6 Å². The van der Waals surface area contributed by atoms with Gasteiger partial charge in [-0.1, -0.05) is 46.3 Å². The summed E-state index contributed by atoms with van der Waals surface area (Å²) >= 11 is 3.37. The highest BCUT2D eigenvalue weighted by atomic mass is 79.9. The van der Waals surface area contributed by atoms with E-state index in [9.17, 15) is 10.5 Å². The van der Waals surface area contributed by atoms with Crippen molar-refractivity contribution in [1.29, 1.82) is 10.5 Å². The molecule has 3 rings (SSSR count). The molecule has 0 unspecified atom stereocenters. The van der Waals surface area contributed by atoms with Gasteiger partial charge in [-0.2, -0.15) is 15.6 Å². The first-order chi connectivity index (χ1) is 12.1. The van der Waals surface area contributed by atoms with Crippen molar-refractivity contribution in [1.82, 2.24) is 9.78 Å². The summed E-state index contributed by atoms with van der Waals surface area (Å²) in [6, 6.07) is 20.9. The van der Waals surface area contributed by atoms with E-state index in [0.29, 0.717) is 0 Å². The molecular weight excluding hydrogens is 378 g/mol. The highest BCUT2D eigenvalue weighted by molar-refractivity contribution is 9.10. The van der Waals surface area contributed by atoms with Crippen LogP contribution in [0.2, 0.25) is 0 Å². The molecular formula is C19H12BrN5. The molecule has 0 amide bonds. The van der Waals surface area contributed by atoms with E-state index in [1.165, 1.54) is 4.68 Å². The molecule has 6 heteroatoms. The van der Waals surface area contributed by atoms with Crippen LogP contribution >= 0.6 is 15.9 Å². The van der Waals surface area contributed by atoms with Crippen molar-refractivity contribution in [2.45, 2.75) is 0 Å². The molecule has 0 radical (unpaired) electrons. The van der Waals surface area contributed by atoms with E-state index in [4.69, 9.17) is 5.73 Å². The van der Waals surface area contributed by atoms with Crippen molar-refractivity contribution in [3.05, 3.63) is 75.9 Å². The molecule has 3 aromatic rings. The van der Waals surface area contributed by atoms with E-state index in [0.717, 1.165) is 15.7 Å². The third kappa shape index (κ3) is 3.30. The molecule has 5 nitrogen and oxygen atoms in total. The fourth-order valence-electron chi connectivity index (χ4n) is 2.38. The number of nitrogens with two attached hydrogens (primary N) is 1. The van der Waals surface area contributed by atoms with E-state index >= 15 is 0 Å². The molecule has 0 atom stereocenters. The summed E-state index contributed by atoms with van der Waals surface area (Å²) in [5, 5.41) is 23.4. The zero-order chi connectivity index (χ0) is 17.8.